The van der Waals surface area contributed by atoms with Crippen molar-refractivity contribution < 1.29 is 0 Å². The van der Waals surface area contributed by atoms with Crippen molar-refractivity contribution in [1.82, 2.24) is 10.6 Å². The van der Waals surface area contributed by atoms with Crippen LogP contribution in [0.4, 0.5) is 0 Å². The van der Waals surface area contributed by atoms with Gasteiger partial charge in [-0.25, -0.2) is 0 Å². The van der Waals surface area contributed by atoms with Gasteiger partial charge in [-0.2, -0.15) is 0 Å². The lowest BCUT2D eigenvalue weighted by Crippen LogP contribution is -2.42. The molecule has 0 bridgehead atoms. The summed E-state index contributed by atoms with van der Waals surface area (Å²) in [6.07, 6.45) is 4.81. The van der Waals surface area contributed by atoms with Gasteiger partial charge in [0, 0.05) is 6.54 Å². The van der Waals surface area contributed by atoms with Crippen molar-refractivity contribution >= 4 is 23.3 Å². The Hall–Kier alpha value is -0.840. The van der Waals surface area contributed by atoms with Gasteiger partial charge in [0.15, 0.2) is 11.1 Å². The van der Waals surface area contributed by atoms with Gasteiger partial charge in [-0.05, 0) is 18.6 Å². The van der Waals surface area contributed by atoms with Crippen molar-refractivity contribution in [3.8, 4) is 0 Å². The predicted molar refractivity (Wildman–Crippen MR) is 59.8 cm³/mol. The Labute approximate surface area is 84.8 Å². The molecule has 0 aliphatic carbocycles. The second kappa shape index (κ2) is 7.79. The van der Waals surface area contributed by atoms with Crippen molar-refractivity contribution in [3.63, 3.8) is 0 Å². The van der Waals surface area contributed by atoms with Gasteiger partial charge in [0.05, 0.1) is 0 Å². The molecule has 76 valence electrons. The molecule has 0 aromatic carbocycles. The molecule has 0 unspecified atom stereocenters. The summed E-state index contributed by atoms with van der Waals surface area (Å²) in [5.74, 6) is -0.119. The number of hydrogen-bond donors (Lipinski definition) is 4. The fourth-order valence-corrected chi connectivity index (χ4v) is 1.13. The zero-order valence-corrected chi connectivity index (χ0v) is 8.84. The average molecular weight is 202 g/mol. The third kappa shape index (κ3) is 9.07. The molecule has 0 saturated heterocycles. The molecule has 5 heteroatoms. The second-order valence-corrected chi connectivity index (χ2v) is 3.26. The summed E-state index contributed by atoms with van der Waals surface area (Å²) >= 11 is 4.87. The summed E-state index contributed by atoms with van der Waals surface area (Å²) in [7, 11) is 0. The van der Waals surface area contributed by atoms with E-state index in [4.69, 9.17) is 23.4 Å². The molecule has 0 aromatic rings. The molecule has 5 N–H and O–H groups in total. The van der Waals surface area contributed by atoms with Crippen LogP contribution in [0.2, 0.25) is 0 Å². The van der Waals surface area contributed by atoms with Crippen LogP contribution in [0.3, 0.4) is 0 Å². The normalized spacial score (nSPS) is 9.31. The van der Waals surface area contributed by atoms with E-state index < -0.39 is 0 Å². The van der Waals surface area contributed by atoms with Gasteiger partial charge < -0.3 is 16.4 Å². The zero-order chi connectivity index (χ0) is 10.1. The molecule has 0 rings (SSSR count). The number of guanidine groups is 1. The first-order chi connectivity index (χ1) is 6.16. The third-order valence-corrected chi connectivity index (χ3v) is 1.81. The minimum atomic E-state index is -0.119. The van der Waals surface area contributed by atoms with Crippen LogP contribution in [0.5, 0.6) is 0 Å². The smallest absolute Gasteiger partial charge is 0.192 e. The highest BCUT2D eigenvalue weighted by molar-refractivity contribution is 7.80. The number of hydrogen-bond acceptors (Lipinski definition) is 2. The topological polar surface area (TPSA) is 73.9 Å². The maximum absolute atomic E-state index is 6.91. The van der Waals surface area contributed by atoms with Crippen LogP contribution < -0.4 is 16.4 Å². The van der Waals surface area contributed by atoms with Gasteiger partial charge in [-0.15, -0.1) is 0 Å². The van der Waals surface area contributed by atoms with Crippen LogP contribution in [0, 0.1) is 5.41 Å². The number of unbranched alkanes of at least 4 members (excludes halogenated alkanes) is 3. The standard InChI is InChI=1S/C8H18N4S/c1-2-3-4-5-6-11-8(13)12-7(9)10/h2-6H2,1H3,(H5,9,10,11,12,13). The maximum atomic E-state index is 6.91. The Balaban J connectivity index is 3.22. The number of thiocarbonyl (C=S) groups is 1. The van der Waals surface area contributed by atoms with Crippen molar-refractivity contribution in [2.75, 3.05) is 6.54 Å². The molecule has 0 aromatic heterocycles. The molecule has 13 heavy (non-hydrogen) atoms. The molecule has 0 amide bonds. The second-order valence-electron chi connectivity index (χ2n) is 2.86. The monoisotopic (exact) mass is 202 g/mol. The van der Waals surface area contributed by atoms with E-state index in [0.717, 1.165) is 13.0 Å². The zero-order valence-electron chi connectivity index (χ0n) is 8.02. The van der Waals surface area contributed by atoms with E-state index in [0.29, 0.717) is 5.11 Å². The van der Waals surface area contributed by atoms with E-state index in [-0.39, 0.29) is 5.96 Å². The Morgan fingerprint density at radius 2 is 2.08 bits per heavy atom. The fraction of sp³-hybridized carbons (Fsp3) is 0.750. The highest BCUT2D eigenvalue weighted by Gasteiger charge is 1.94. The Bertz CT molecular complexity index is 170. The van der Waals surface area contributed by atoms with Gasteiger partial charge in [0.2, 0.25) is 0 Å². The maximum Gasteiger partial charge on any atom is 0.192 e. The van der Waals surface area contributed by atoms with E-state index in [2.05, 4.69) is 17.6 Å². The van der Waals surface area contributed by atoms with Crippen LogP contribution in [-0.2, 0) is 0 Å². The summed E-state index contributed by atoms with van der Waals surface area (Å²) < 4.78 is 0. The van der Waals surface area contributed by atoms with Crippen molar-refractivity contribution in [3.05, 3.63) is 0 Å². The van der Waals surface area contributed by atoms with Gasteiger partial charge >= 0.3 is 0 Å². The Morgan fingerprint density at radius 3 is 2.62 bits per heavy atom. The summed E-state index contributed by atoms with van der Waals surface area (Å²) in [5, 5.41) is 12.8. The largest absolute Gasteiger partial charge is 0.370 e. The minimum absolute atomic E-state index is 0.119. The van der Waals surface area contributed by atoms with E-state index >= 15 is 0 Å². The molecule has 0 fully saturated rings. The number of nitrogens with one attached hydrogen (secondary N) is 3. The third-order valence-electron chi connectivity index (χ3n) is 1.56. The fourth-order valence-electron chi connectivity index (χ4n) is 0.920. The van der Waals surface area contributed by atoms with Gasteiger partial charge in [0.25, 0.3) is 0 Å². The Morgan fingerprint density at radius 1 is 1.38 bits per heavy atom. The minimum Gasteiger partial charge on any atom is -0.370 e. The van der Waals surface area contributed by atoms with E-state index in [9.17, 15) is 0 Å². The summed E-state index contributed by atoms with van der Waals surface area (Å²) in [6.45, 7) is 3.02. The van der Waals surface area contributed by atoms with Crippen molar-refractivity contribution in [1.29, 1.82) is 5.41 Å². The molecule has 0 radical (unpaired) electrons. The van der Waals surface area contributed by atoms with Crippen LogP contribution in [0.25, 0.3) is 0 Å². The SMILES string of the molecule is CCCCCCNC(=S)NC(=N)N. The number of nitrogens with two attached hydrogens (primary N) is 1. The van der Waals surface area contributed by atoms with E-state index in [1.54, 1.807) is 0 Å². The summed E-state index contributed by atoms with van der Waals surface area (Å²) in [5.41, 5.74) is 5.09. The van der Waals surface area contributed by atoms with Crippen molar-refractivity contribution in [2.45, 2.75) is 32.6 Å². The highest BCUT2D eigenvalue weighted by atomic mass is 32.1. The van der Waals surface area contributed by atoms with Gasteiger partial charge in [0.1, 0.15) is 0 Å². The first-order valence-corrected chi connectivity index (χ1v) is 4.96. The molecular weight excluding hydrogens is 184 g/mol. The molecule has 0 atom stereocenters. The summed E-state index contributed by atoms with van der Waals surface area (Å²) in [6, 6.07) is 0. The van der Waals surface area contributed by atoms with Gasteiger partial charge in [-0.1, -0.05) is 26.2 Å². The van der Waals surface area contributed by atoms with Crippen LogP contribution in [0.15, 0.2) is 0 Å². The molecule has 0 heterocycles. The molecule has 0 aliphatic heterocycles. The lowest BCUT2D eigenvalue weighted by atomic mass is 10.2. The molecule has 0 saturated carbocycles. The quantitative estimate of drug-likeness (QED) is 0.231. The van der Waals surface area contributed by atoms with Gasteiger partial charge in [-0.3, -0.25) is 5.41 Å². The first kappa shape index (κ1) is 12.2. The summed E-state index contributed by atoms with van der Waals surface area (Å²) in [4.78, 5) is 0. The van der Waals surface area contributed by atoms with Crippen LogP contribution in [0.1, 0.15) is 32.6 Å². The lowest BCUT2D eigenvalue weighted by molar-refractivity contribution is 0.653. The average Bonchev–Trinajstić information content (AvgIpc) is 2.02. The molecule has 4 nitrogen and oxygen atoms in total. The Kier molecular flexibility index (Phi) is 7.29. The lowest BCUT2D eigenvalue weighted by Gasteiger charge is -2.07. The van der Waals surface area contributed by atoms with E-state index in [1.165, 1.54) is 19.3 Å². The first-order valence-electron chi connectivity index (χ1n) is 4.55. The highest BCUT2D eigenvalue weighted by Crippen LogP contribution is 1.96. The van der Waals surface area contributed by atoms with Crippen molar-refractivity contribution in [2.24, 2.45) is 5.73 Å². The van der Waals surface area contributed by atoms with Crippen LogP contribution in [-0.4, -0.2) is 17.6 Å². The molecular formula is C8H18N4S. The van der Waals surface area contributed by atoms with Crippen LogP contribution >= 0.6 is 12.2 Å². The molecule has 0 spiro atoms. The predicted octanol–water partition coefficient (Wildman–Crippen LogP) is 0.924. The number of rotatable bonds is 5. The van der Waals surface area contributed by atoms with E-state index in [1.807, 2.05) is 0 Å². The molecule has 0 aliphatic rings.